The standard InChI is InChI=1S/C25H22F3N5O3S/c1-16-14-32-21(22(29-24(32)37-16)17-4-8-20(9-5-17)33(35)36)15-30-10-12-31(13-11-30)23(34)18-2-6-19(7-3-18)25(26,27)28/h2-9,14H,10-13,15H2,1H3. The van der Waals surface area contributed by atoms with Crippen molar-refractivity contribution in [2.45, 2.75) is 19.6 Å². The van der Waals surface area contributed by atoms with Crippen LogP contribution in [0.25, 0.3) is 16.2 Å². The number of rotatable bonds is 5. The summed E-state index contributed by atoms with van der Waals surface area (Å²) in [7, 11) is 0. The number of non-ortho nitro benzene ring substituents is 1. The topological polar surface area (TPSA) is 84.0 Å². The minimum atomic E-state index is -4.44. The molecule has 0 unspecified atom stereocenters. The maximum atomic E-state index is 12.8. The molecule has 2 aromatic carbocycles. The third-order valence-electron chi connectivity index (χ3n) is 6.38. The number of benzene rings is 2. The molecule has 0 aliphatic carbocycles. The average Bonchev–Trinajstić information content (AvgIpc) is 3.40. The van der Waals surface area contributed by atoms with E-state index in [9.17, 15) is 28.1 Å². The first-order valence-corrected chi connectivity index (χ1v) is 12.3. The molecule has 192 valence electrons. The van der Waals surface area contributed by atoms with Crippen molar-refractivity contribution in [1.29, 1.82) is 0 Å². The average molecular weight is 530 g/mol. The summed E-state index contributed by atoms with van der Waals surface area (Å²) in [5.74, 6) is -0.292. The number of alkyl halides is 3. The number of halogens is 3. The number of carbonyl (C=O) groups excluding carboxylic acids is 1. The molecule has 0 atom stereocenters. The lowest BCUT2D eigenvalue weighted by Gasteiger charge is -2.34. The number of aryl methyl sites for hydroxylation is 1. The van der Waals surface area contributed by atoms with Crippen LogP contribution in [0.4, 0.5) is 18.9 Å². The van der Waals surface area contributed by atoms with Gasteiger partial charge in [0.2, 0.25) is 0 Å². The van der Waals surface area contributed by atoms with Crippen molar-refractivity contribution >= 4 is 27.9 Å². The van der Waals surface area contributed by atoms with Crippen molar-refractivity contribution in [2.75, 3.05) is 26.2 Å². The van der Waals surface area contributed by atoms with Crippen LogP contribution in [-0.2, 0) is 12.7 Å². The monoisotopic (exact) mass is 529 g/mol. The summed E-state index contributed by atoms with van der Waals surface area (Å²) in [6.07, 6.45) is -2.43. The van der Waals surface area contributed by atoms with Crippen LogP contribution in [0, 0.1) is 17.0 Å². The van der Waals surface area contributed by atoms with Gasteiger partial charge in [0.1, 0.15) is 0 Å². The molecule has 2 aromatic heterocycles. The van der Waals surface area contributed by atoms with Gasteiger partial charge < -0.3 is 4.90 Å². The van der Waals surface area contributed by atoms with Crippen molar-refractivity contribution in [3.8, 4) is 11.3 Å². The minimum Gasteiger partial charge on any atom is -0.336 e. The number of nitro groups is 1. The zero-order valence-corrected chi connectivity index (χ0v) is 20.6. The summed E-state index contributed by atoms with van der Waals surface area (Å²) < 4.78 is 40.5. The zero-order chi connectivity index (χ0) is 26.3. The number of imidazole rings is 1. The third kappa shape index (κ3) is 5.07. The molecule has 0 radical (unpaired) electrons. The molecular weight excluding hydrogens is 507 g/mol. The molecule has 0 spiro atoms. The number of nitrogens with zero attached hydrogens (tertiary/aromatic N) is 5. The van der Waals surface area contributed by atoms with Crippen molar-refractivity contribution in [3.05, 3.63) is 86.5 Å². The molecule has 0 bridgehead atoms. The Balaban J connectivity index is 1.31. The number of amides is 1. The maximum Gasteiger partial charge on any atom is 0.416 e. The lowest BCUT2D eigenvalue weighted by atomic mass is 10.1. The van der Waals surface area contributed by atoms with Gasteiger partial charge in [-0.05, 0) is 43.3 Å². The Morgan fingerprint density at radius 3 is 2.30 bits per heavy atom. The molecule has 1 saturated heterocycles. The summed E-state index contributed by atoms with van der Waals surface area (Å²) in [5.41, 5.74) is 1.95. The Labute approximate surface area is 213 Å². The summed E-state index contributed by atoms with van der Waals surface area (Å²) >= 11 is 1.56. The molecule has 1 amide bonds. The first-order valence-electron chi connectivity index (χ1n) is 11.5. The molecule has 4 aromatic rings. The van der Waals surface area contributed by atoms with E-state index in [1.807, 2.05) is 17.5 Å². The molecule has 0 saturated carbocycles. The molecule has 5 rings (SSSR count). The van der Waals surface area contributed by atoms with Crippen LogP contribution >= 0.6 is 11.3 Å². The SMILES string of the molecule is Cc1cn2c(CN3CCN(C(=O)c4ccc(C(F)(F)F)cc4)CC3)c(-c3ccc([N+](=O)[O-])cc3)nc2s1. The van der Waals surface area contributed by atoms with Crippen LogP contribution in [0.2, 0.25) is 0 Å². The zero-order valence-electron chi connectivity index (χ0n) is 19.7. The molecule has 1 aliphatic heterocycles. The van der Waals surface area contributed by atoms with Gasteiger partial charge in [-0.25, -0.2) is 4.98 Å². The largest absolute Gasteiger partial charge is 0.416 e. The predicted molar refractivity (Wildman–Crippen MR) is 133 cm³/mol. The quantitative estimate of drug-likeness (QED) is 0.260. The van der Waals surface area contributed by atoms with Crippen molar-refractivity contribution < 1.29 is 22.9 Å². The van der Waals surface area contributed by atoms with Crippen LogP contribution in [0.1, 0.15) is 26.5 Å². The van der Waals surface area contributed by atoms with Gasteiger partial charge in [-0.15, -0.1) is 11.3 Å². The summed E-state index contributed by atoms with van der Waals surface area (Å²) in [6, 6.07) is 10.6. The second kappa shape index (κ2) is 9.60. The molecule has 0 N–H and O–H groups in total. The van der Waals surface area contributed by atoms with E-state index in [0.717, 1.165) is 38.9 Å². The van der Waals surface area contributed by atoms with Gasteiger partial charge >= 0.3 is 6.18 Å². The number of aromatic nitrogens is 2. The van der Waals surface area contributed by atoms with Gasteiger partial charge in [-0.1, -0.05) is 0 Å². The first kappa shape index (κ1) is 24.9. The van der Waals surface area contributed by atoms with Gasteiger partial charge in [0.05, 0.1) is 21.9 Å². The number of thiazole rings is 1. The Kier molecular flexibility index (Phi) is 6.46. The molecule has 1 fully saturated rings. The molecule has 3 heterocycles. The first-order chi connectivity index (χ1) is 17.6. The Morgan fingerprint density at radius 1 is 1.05 bits per heavy atom. The Hall–Kier alpha value is -3.77. The van der Waals surface area contributed by atoms with E-state index >= 15 is 0 Å². The van der Waals surface area contributed by atoms with E-state index in [2.05, 4.69) is 4.90 Å². The lowest BCUT2D eigenvalue weighted by molar-refractivity contribution is -0.384. The summed E-state index contributed by atoms with van der Waals surface area (Å²) in [4.78, 5) is 34.0. The van der Waals surface area contributed by atoms with E-state index in [-0.39, 0.29) is 17.2 Å². The van der Waals surface area contributed by atoms with Gasteiger partial charge in [0, 0.05) is 67.1 Å². The lowest BCUT2D eigenvalue weighted by Crippen LogP contribution is -2.48. The van der Waals surface area contributed by atoms with Crippen LogP contribution in [0.5, 0.6) is 0 Å². The highest BCUT2D eigenvalue weighted by Gasteiger charge is 2.31. The van der Waals surface area contributed by atoms with Gasteiger partial charge in [-0.3, -0.25) is 24.2 Å². The Bertz CT molecular complexity index is 1450. The molecule has 8 nitrogen and oxygen atoms in total. The maximum absolute atomic E-state index is 12.8. The fraction of sp³-hybridized carbons (Fsp3) is 0.280. The van der Waals surface area contributed by atoms with Crippen molar-refractivity contribution in [3.63, 3.8) is 0 Å². The normalized spacial score (nSPS) is 14.9. The number of hydrogen-bond donors (Lipinski definition) is 0. The van der Waals surface area contributed by atoms with Crippen molar-refractivity contribution in [2.24, 2.45) is 0 Å². The van der Waals surface area contributed by atoms with E-state index in [0.29, 0.717) is 32.7 Å². The second-order valence-corrected chi connectivity index (χ2v) is 10.1. The van der Waals surface area contributed by atoms with E-state index in [1.54, 1.807) is 28.4 Å². The molecule has 12 heteroatoms. The third-order valence-corrected chi connectivity index (χ3v) is 7.28. The number of piperazine rings is 1. The van der Waals surface area contributed by atoms with E-state index < -0.39 is 16.7 Å². The van der Waals surface area contributed by atoms with Gasteiger partial charge in [0.15, 0.2) is 4.96 Å². The highest BCUT2D eigenvalue weighted by atomic mass is 32.1. The summed E-state index contributed by atoms with van der Waals surface area (Å²) in [5, 5.41) is 11.0. The van der Waals surface area contributed by atoms with E-state index in [4.69, 9.17) is 4.98 Å². The fourth-order valence-corrected chi connectivity index (χ4v) is 5.27. The van der Waals surface area contributed by atoms with Crippen LogP contribution in [0.15, 0.2) is 54.7 Å². The van der Waals surface area contributed by atoms with E-state index in [1.165, 1.54) is 24.3 Å². The highest BCUT2D eigenvalue weighted by molar-refractivity contribution is 7.17. The molecular formula is C25H22F3N5O3S. The van der Waals surface area contributed by atoms with Crippen molar-refractivity contribution in [1.82, 2.24) is 19.2 Å². The molecule has 37 heavy (non-hydrogen) atoms. The number of fused-ring (bicyclic) bond motifs is 1. The van der Waals surface area contributed by atoms with Crippen LogP contribution in [-0.4, -0.2) is 56.2 Å². The minimum absolute atomic E-state index is 0.0102. The Morgan fingerprint density at radius 2 is 1.70 bits per heavy atom. The number of hydrogen-bond acceptors (Lipinski definition) is 6. The molecule has 1 aliphatic rings. The smallest absolute Gasteiger partial charge is 0.336 e. The van der Waals surface area contributed by atoms with Gasteiger partial charge in [-0.2, -0.15) is 13.2 Å². The summed E-state index contributed by atoms with van der Waals surface area (Å²) in [6.45, 7) is 4.62. The fourth-order valence-electron chi connectivity index (χ4n) is 4.43. The second-order valence-electron chi connectivity index (χ2n) is 8.85. The van der Waals surface area contributed by atoms with Gasteiger partial charge in [0.25, 0.3) is 11.6 Å². The number of carbonyl (C=O) groups is 1. The number of nitro benzene ring substituents is 1. The van der Waals surface area contributed by atoms with Crippen LogP contribution < -0.4 is 0 Å². The van der Waals surface area contributed by atoms with Crippen LogP contribution in [0.3, 0.4) is 0 Å². The predicted octanol–water partition coefficient (Wildman–Crippen LogP) is 5.26. The highest BCUT2D eigenvalue weighted by Crippen LogP contribution is 2.31.